The number of hydrogen-bond donors (Lipinski definition) is 1. The summed E-state index contributed by atoms with van der Waals surface area (Å²) in [5.74, 6) is -0.320. The van der Waals surface area contributed by atoms with Gasteiger partial charge in [0.05, 0.1) is 6.10 Å². The molecule has 0 heterocycles. The largest absolute Gasteiger partial charge is 0.479 e. The van der Waals surface area contributed by atoms with Crippen molar-refractivity contribution in [1.82, 2.24) is 0 Å². The average molecular weight is 232 g/mol. The van der Waals surface area contributed by atoms with Crippen molar-refractivity contribution in [1.29, 1.82) is 0 Å². The summed E-state index contributed by atoms with van der Waals surface area (Å²) in [7, 11) is 0. The first-order valence-corrected chi connectivity index (χ1v) is 5.93. The van der Waals surface area contributed by atoms with Gasteiger partial charge in [-0.05, 0) is 26.2 Å². The maximum absolute atomic E-state index is 10.8. The molecule has 0 aromatic heterocycles. The number of carboxylic acid groups (broad SMARTS) is 1. The lowest BCUT2D eigenvalue weighted by Gasteiger charge is -2.17. The molecule has 0 radical (unpaired) electrons. The maximum atomic E-state index is 10.8. The molecule has 0 aliphatic heterocycles. The number of aliphatic carboxylic acids is 1. The molecule has 0 aromatic rings. The van der Waals surface area contributed by atoms with Crippen LogP contribution in [0.3, 0.4) is 0 Å². The van der Waals surface area contributed by atoms with Crippen molar-refractivity contribution in [2.45, 2.75) is 52.7 Å². The van der Waals surface area contributed by atoms with Gasteiger partial charge in [0.15, 0.2) is 6.10 Å². The molecule has 0 aliphatic rings. The van der Waals surface area contributed by atoms with Crippen LogP contribution in [0.25, 0.3) is 0 Å². The molecule has 0 bridgehead atoms. The van der Waals surface area contributed by atoms with E-state index in [9.17, 15) is 4.79 Å². The topological polar surface area (TPSA) is 55.8 Å². The Morgan fingerprint density at radius 2 is 1.88 bits per heavy atom. The molecule has 0 saturated carbocycles. The Kier molecular flexibility index (Phi) is 8.21. The summed E-state index contributed by atoms with van der Waals surface area (Å²) in [5, 5.41) is 8.83. The lowest BCUT2D eigenvalue weighted by atomic mass is 10.1. The summed E-state index contributed by atoms with van der Waals surface area (Å²) in [6.07, 6.45) is 0.838. The molecular formula is C12H24O4. The molecule has 0 amide bonds. The Hall–Kier alpha value is -0.610. The third-order valence-electron chi connectivity index (χ3n) is 2.23. The quantitative estimate of drug-likeness (QED) is 0.663. The van der Waals surface area contributed by atoms with Gasteiger partial charge in [-0.25, -0.2) is 4.79 Å². The molecule has 0 saturated heterocycles. The molecule has 4 heteroatoms. The molecule has 2 atom stereocenters. The van der Waals surface area contributed by atoms with E-state index in [2.05, 4.69) is 13.8 Å². The highest BCUT2D eigenvalue weighted by Gasteiger charge is 2.17. The van der Waals surface area contributed by atoms with Crippen LogP contribution in [-0.2, 0) is 14.3 Å². The van der Waals surface area contributed by atoms with Gasteiger partial charge < -0.3 is 14.6 Å². The second-order valence-electron chi connectivity index (χ2n) is 4.38. The molecule has 4 nitrogen and oxygen atoms in total. The fraction of sp³-hybridized carbons (Fsp3) is 0.917. The van der Waals surface area contributed by atoms with Crippen molar-refractivity contribution < 1.29 is 19.4 Å². The van der Waals surface area contributed by atoms with Crippen LogP contribution in [0.5, 0.6) is 0 Å². The normalized spacial score (nSPS) is 15.1. The second-order valence-corrected chi connectivity index (χ2v) is 4.38. The predicted octanol–water partition coefficient (Wildman–Crippen LogP) is 2.32. The van der Waals surface area contributed by atoms with E-state index < -0.39 is 12.1 Å². The number of rotatable bonds is 9. The van der Waals surface area contributed by atoms with Gasteiger partial charge in [0, 0.05) is 19.6 Å². The van der Waals surface area contributed by atoms with Crippen LogP contribution < -0.4 is 0 Å². The van der Waals surface area contributed by atoms with E-state index in [4.69, 9.17) is 14.6 Å². The smallest absolute Gasteiger partial charge is 0.332 e. The molecule has 0 aliphatic carbocycles. The van der Waals surface area contributed by atoms with Crippen molar-refractivity contribution in [3.8, 4) is 0 Å². The third-order valence-corrected chi connectivity index (χ3v) is 2.23. The molecule has 2 unspecified atom stereocenters. The van der Waals surface area contributed by atoms with E-state index in [1.165, 1.54) is 0 Å². The van der Waals surface area contributed by atoms with E-state index in [0.717, 1.165) is 6.42 Å². The van der Waals surface area contributed by atoms with Crippen LogP contribution in [0.2, 0.25) is 0 Å². The van der Waals surface area contributed by atoms with Gasteiger partial charge >= 0.3 is 5.97 Å². The molecule has 96 valence electrons. The second kappa shape index (κ2) is 8.53. The molecule has 0 rings (SSSR count). The summed E-state index contributed by atoms with van der Waals surface area (Å²) in [4.78, 5) is 10.8. The van der Waals surface area contributed by atoms with Crippen molar-refractivity contribution in [3.63, 3.8) is 0 Å². The van der Waals surface area contributed by atoms with Crippen LogP contribution in [0, 0.1) is 5.92 Å². The zero-order valence-corrected chi connectivity index (χ0v) is 10.7. The minimum Gasteiger partial charge on any atom is -0.479 e. The fourth-order valence-electron chi connectivity index (χ4n) is 1.59. The first kappa shape index (κ1) is 15.4. The summed E-state index contributed by atoms with van der Waals surface area (Å²) >= 11 is 0. The number of carboxylic acids is 1. The number of hydrogen-bond acceptors (Lipinski definition) is 3. The first-order valence-electron chi connectivity index (χ1n) is 5.93. The summed E-state index contributed by atoms with van der Waals surface area (Å²) in [5.41, 5.74) is 0. The van der Waals surface area contributed by atoms with Gasteiger partial charge in [-0.2, -0.15) is 0 Å². The molecule has 16 heavy (non-hydrogen) atoms. The molecule has 1 N–H and O–H groups in total. The highest BCUT2D eigenvalue weighted by molar-refractivity contribution is 5.72. The molecule has 0 fully saturated rings. The summed E-state index contributed by atoms with van der Waals surface area (Å²) in [6, 6.07) is 0. The van der Waals surface area contributed by atoms with Crippen molar-refractivity contribution in [3.05, 3.63) is 0 Å². The van der Waals surface area contributed by atoms with Crippen LogP contribution in [0.4, 0.5) is 0 Å². The zero-order valence-electron chi connectivity index (χ0n) is 10.7. The summed E-state index contributed by atoms with van der Waals surface area (Å²) < 4.78 is 10.6. The van der Waals surface area contributed by atoms with Crippen LogP contribution in [0.15, 0.2) is 0 Å². The van der Waals surface area contributed by atoms with Gasteiger partial charge in [0.25, 0.3) is 0 Å². The summed E-state index contributed by atoms with van der Waals surface area (Å²) in [6.45, 7) is 8.93. The lowest BCUT2D eigenvalue weighted by molar-refractivity contribution is -0.151. The van der Waals surface area contributed by atoms with E-state index >= 15 is 0 Å². The van der Waals surface area contributed by atoms with Gasteiger partial charge in [-0.3, -0.25) is 0 Å². The Bertz CT molecular complexity index is 191. The van der Waals surface area contributed by atoms with E-state index in [-0.39, 0.29) is 6.10 Å². The SMILES string of the molecule is CCOC(CCOC(C)CC(C)C)C(=O)O. The van der Waals surface area contributed by atoms with Crippen molar-refractivity contribution in [2.75, 3.05) is 13.2 Å². The number of carbonyl (C=O) groups is 1. The highest BCUT2D eigenvalue weighted by Crippen LogP contribution is 2.09. The van der Waals surface area contributed by atoms with Crippen molar-refractivity contribution >= 4 is 5.97 Å². The molecule has 0 spiro atoms. The monoisotopic (exact) mass is 232 g/mol. The minimum absolute atomic E-state index is 0.177. The van der Waals surface area contributed by atoms with Crippen LogP contribution in [0.1, 0.15) is 40.5 Å². The van der Waals surface area contributed by atoms with Crippen molar-refractivity contribution in [2.24, 2.45) is 5.92 Å². The van der Waals surface area contributed by atoms with Gasteiger partial charge in [-0.15, -0.1) is 0 Å². The Morgan fingerprint density at radius 1 is 1.25 bits per heavy atom. The van der Waals surface area contributed by atoms with E-state index in [1.54, 1.807) is 6.92 Å². The number of ether oxygens (including phenoxy) is 2. The standard InChI is InChI=1S/C12H24O4/c1-5-15-11(12(13)14)6-7-16-10(4)8-9(2)3/h9-11H,5-8H2,1-4H3,(H,13,14). The Balaban J connectivity index is 3.72. The van der Waals surface area contributed by atoms with Gasteiger partial charge in [0.1, 0.15) is 0 Å². The van der Waals surface area contributed by atoms with Crippen LogP contribution in [-0.4, -0.2) is 36.5 Å². The highest BCUT2D eigenvalue weighted by atomic mass is 16.5. The van der Waals surface area contributed by atoms with Gasteiger partial charge in [-0.1, -0.05) is 13.8 Å². The predicted molar refractivity (Wildman–Crippen MR) is 62.5 cm³/mol. The molecular weight excluding hydrogens is 208 g/mol. The lowest BCUT2D eigenvalue weighted by Crippen LogP contribution is -2.26. The van der Waals surface area contributed by atoms with E-state index in [0.29, 0.717) is 25.6 Å². The minimum atomic E-state index is -0.915. The Morgan fingerprint density at radius 3 is 2.31 bits per heavy atom. The first-order chi connectivity index (χ1) is 7.47. The van der Waals surface area contributed by atoms with E-state index in [1.807, 2.05) is 6.92 Å². The fourth-order valence-corrected chi connectivity index (χ4v) is 1.59. The Labute approximate surface area is 97.9 Å². The third kappa shape index (κ3) is 7.65. The van der Waals surface area contributed by atoms with Crippen LogP contribution >= 0.6 is 0 Å². The van der Waals surface area contributed by atoms with Gasteiger partial charge in [0.2, 0.25) is 0 Å². The molecule has 0 aromatic carbocycles. The zero-order chi connectivity index (χ0) is 12.6. The maximum Gasteiger partial charge on any atom is 0.332 e. The average Bonchev–Trinajstić information content (AvgIpc) is 2.15.